The molecule has 1 aliphatic rings. The predicted octanol–water partition coefficient (Wildman–Crippen LogP) is 12.1. The van der Waals surface area contributed by atoms with Gasteiger partial charge in [-0.15, -0.1) is 11.6 Å². The van der Waals surface area contributed by atoms with Gasteiger partial charge in [-0.1, -0.05) is 150 Å². The molecular formula is C43H51Cl4N5O8S. The summed E-state index contributed by atoms with van der Waals surface area (Å²) in [6.07, 6.45) is 15.2. The van der Waals surface area contributed by atoms with Crippen molar-refractivity contribution in [1.82, 2.24) is 14.8 Å². The normalized spacial score (nSPS) is 16.0. The molecule has 4 aromatic rings. The Labute approximate surface area is 376 Å². The number of halogens is 4. The Hall–Kier alpha value is -4.08. The molecule has 0 aliphatic carbocycles. The number of nitrogens with one attached hydrogen (secondary N) is 1. The first kappa shape index (κ1) is 48.0. The monoisotopic (exact) mass is 937 g/mol. The van der Waals surface area contributed by atoms with E-state index in [9.17, 15) is 32.9 Å². The van der Waals surface area contributed by atoms with Gasteiger partial charge in [0, 0.05) is 17.2 Å². The Bertz CT molecular complexity index is 2300. The lowest BCUT2D eigenvalue weighted by Crippen LogP contribution is -2.49. The van der Waals surface area contributed by atoms with Crippen LogP contribution in [-0.2, 0) is 19.7 Å². The van der Waals surface area contributed by atoms with Gasteiger partial charge < -0.3 is 4.18 Å². The molecule has 0 radical (unpaired) electrons. The second kappa shape index (κ2) is 21.8. The number of hydrogen-bond donors (Lipinski definition) is 1. The Morgan fingerprint density at radius 2 is 1.36 bits per heavy atom. The van der Waals surface area contributed by atoms with Crippen LogP contribution in [0.4, 0.5) is 17.2 Å². The summed E-state index contributed by atoms with van der Waals surface area (Å²) in [6, 6.07) is 14.4. The van der Waals surface area contributed by atoms with Crippen LogP contribution in [0, 0.1) is 16.0 Å². The van der Waals surface area contributed by atoms with Gasteiger partial charge in [-0.2, -0.15) is 13.4 Å². The molecule has 0 spiro atoms. The summed E-state index contributed by atoms with van der Waals surface area (Å²) in [7, 11) is -4.92. The first-order chi connectivity index (χ1) is 29.1. The second-order valence-electron chi connectivity index (χ2n) is 15.3. The van der Waals surface area contributed by atoms with E-state index in [0.29, 0.717) is 12.8 Å². The van der Waals surface area contributed by atoms with Gasteiger partial charge in [0.05, 0.1) is 27.1 Å². The third-order valence-corrected chi connectivity index (χ3v) is 13.5. The highest BCUT2D eigenvalue weighted by atomic mass is 35.5. The molecular weight excluding hydrogens is 888 g/mol. The van der Waals surface area contributed by atoms with Crippen molar-refractivity contribution in [2.75, 3.05) is 5.01 Å². The van der Waals surface area contributed by atoms with E-state index in [4.69, 9.17) is 50.6 Å². The van der Waals surface area contributed by atoms with E-state index in [1.165, 1.54) is 57.1 Å². The number of hydrogen-bond acceptors (Lipinski definition) is 9. The molecule has 0 saturated carbocycles. The van der Waals surface area contributed by atoms with Crippen LogP contribution in [0.1, 0.15) is 117 Å². The Kier molecular flexibility index (Phi) is 17.2. The molecule has 2 atom stereocenters. The topological polar surface area (TPSA) is 165 Å². The van der Waals surface area contributed by atoms with Gasteiger partial charge in [-0.05, 0) is 55.2 Å². The molecule has 1 aliphatic heterocycles. The maximum Gasteiger partial charge on any atom is 0.339 e. The number of non-ortho nitro benzene ring substituents is 1. The number of alkyl halides is 1. The number of nitrogens with zero attached hydrogens (tertiary/aromatic N) is 4. The largest absolute Gasteiger partial charge is 0.369 e. The lowest BCUT2D eigenvalue weighted by molar-refractivity contribution is -0.384. The third kappa shape index (κ3) is 11.5. The number of amides is 2. The van der Waals surface area contributed by atoms with Gasteiger partial charge in [0.15, 0.2) is 5.82 Å². The van der Waals surface area contributed by atoms with E-state index in [0.717, 1.165) is 77.5 Å². The molecule has 2 amide bonds. The van der Waals surface area contributed by atoms with Crippen LogP contribution in [-0.4, -0.2) is 44.8 Å². The van der Waals surface area contributed by atoms with Crippen LogP contribution < -0.4 is 14.8 Å². The number of H-pyrrole nitrogens is 1. The van der Waals surface area contributed by atoms with Crippen molar-refractivity contribution in [2.45, 2.75) is 126 Å². The van der Waals surface area contributed by atoms with Gasteiger partial charge in [0.25, 0.3) is 23.3 Å². The van der Waals surface area contributed by atoms with Gasteiger partial charge in [-0.25, -0.2) is 9.69 Å². The van der Waals surface area contributed by atoms with Crippen molar-refractivity contribution in [1.29, 1.82) is 0 Å². The minimum Gasteiger partial charge on any atom is -0.369 e. The van der Waals surface area contributed by atoms with Crippen molar-refractivity contribution in [3.63, 3.8) is 0 Å². The van der Waals surface area contributed by atoms with Crippen LogP contribution in [0.3, 0.4) is 0 Å². The number of nitro benzene ring substituents is 1. The van der Waals surface area contributed by atoms with Crippen molar-refractivity contribution in [2.24, 2.45) is 5.92 Å². The minimum atomic E-state index is -4.92. The summed E-state index contributed by atoms with van der Waals surface area (Å²) in [5.41, 5.74) is -1.52. The highest BCUT2D eigenvalue weighted by molar-refractivity contribution is 7.87. The fraction of sp³-hybridized carbons (Fsp3) is 0.465. The van der Waals surface area contributed by atoms with Gasteiger partial charge >= 0.3 is 15.7 Å². The summed E-state index contributed by atoms with van der Waals surface area (Å²) < 4.78 is 34.1. The van der Waals surface area contributed by atoms with Crippen LogP contribution in [0.15, 0.2) is 76.4 Å². The number of unbranched alkanes of at least 4 members (excludes halogenated alkanes) is 11. The van der Waals surface area contributed by atoms with Crippen LogP contribution >= 0.6 is 46.4 Å². The number of hydrazine groups is 1. The number of anilines is 2. The van der Waals surface area contributed by atoms with E-state index in [1.54, 1.807) is 30.3 Å². The van der Waals surface area contributed by atoms with Crippen LogP contribution in [0.2, 0.25) is 15.1 Å². The van der Waals surface area contributed by atoms with Crippen molar-refractivity contribution < 1.29 is 27.1 Å². The fourth-order valence-electron chi connectivity index (χ4n) is 7.63. The lowest BCUT2D eigenvalue weighted by Gasteiger charge is -2.34. The third-order valence-electron chi connectivity index (χ3n) is 10.9. The highest BCUT2D eigenvalue weighted by Crippen LogP contribution is 2.46. The predicted molar refractivity (Wildman–Crippen MR) is 240 cm³/mol. The average molecular weight is 940 g/mol. The Balaban J connectivity index is 1.53. The maximum atomic E-state index is 14.9. The summed E-state index contributed by atoms with van der Waals surface area (Å²) in [6.45, 7) is 4.25. The Morgan fingerprint density at radius 3 is 1.92 bits per heavy atom. The van der Waals surface area contributed by atoms with Crippen molar-refractivity contribution in [3.05, 3.63) is 102 Å². The number of aromatic amines is 1. The number of nitro groups is 1. The van der Waals surface area contributed by atoms with Gasteiger partial charge in [-0.3, -0.25) is 29.6 Å². The number of para-hydroxylation sites is 1. The zero-order valence-electron chi connectivity index (χ0n) is 34.2. The molecule has 1 N–H and O–H groups in total. The summed E-state index contributed by atoms with van der Waals surface area (Å²) in [5, 5.41) is 15.9. The molecule has 2 heterocycles. The zero-order valence-corrected chi connectivity index (χ0v) is 38.1. The van der Waals surface area contributed by atoms with Crippen molar-refractivity contribution in [3.8, 4) is 11.4 Å². The molecule has 5 rings (SSSR count). The lowest BCUT2D eigenvalue weighted by atomic mass is 9.82. The standard InChI is InChI=1S/C43H51Cl4N5O8S/c1-3-5-7-8-9-10-11-12-13-14-16-20-30(19-6-4-2)43(47)29-37(53)51(42(43)55)50(32-21-17-15-18-22-32)40-39(60-61(58,59)34-25-23-33(24-26-34)52(56)57)41(54)49(48-40)38-35(45)27-31(44)28-36(38)46/h15,17-18,21-28,30,48H,3-14,16,19-20,29H2,1-2H3. The number of carbonyl (C=O) groups excluding carboxylic acids is 2. The molecule has 18 heteroatoms. The van der Waals surface area contributed by atoms with Crippen LogP contribution in [0.5, 0.6) is 5.75 Å². The molecule has 0 bridgehead atoms. The number of rotatable bonds is 24. The zero-order chi connectivity index (χ0) is 44.3. The average Bonchev–Trinajstić information content (AvgIpc) is 3.64. The number of imide groups is 1. The minimum absolute atomic E-state index is 0.113. The second-order valence-corrected chi connectivity index (χ2v) is 18.8. The molecule has 13 nitrogen and oxygen atoms in total. The fourth-order valence-corrected chi connectivity index (χ4v) is 9.96. The first-order valence-electron chi connectivity index (χ1n) is 20.7. The van der Waals surface area contributed by atoms with Crippen molar-refractivity contribution >= 4 is 85.5 Å². The number of aromatic nitrogens is 2. The Morgan fingerprint density at radius 1 is 0.820 bits per heavy atom. The molecule has 2 unspecified atom stereocenters. The highest BCUT2D eigenvalue weighted by Gasteiger charge is 2.57. The molecule has 330 valence electrons. The van der Waals surface area contributed by atoms with Gasteiger partial charge in [0.1, 0.15) is 15.5 Å². The van der Waals surface area contributed by atoms with E-state index in [-0.39, 0.29) is 44.5 Å². The smallest absolute Gasteiger partial charge is 0.339 e. The van der Waals surface area contributed by atoms with E-state index < -0.39 is 53.8 Å². The van der Waals surface area contributed by atoms with Crippen LogP contribution in [0.25, 0.3) is 5.69 Å². The summed E-state index contributed by atoms with van der Waals surface area (Å²) in [5.74, 6) is -3.19. The first-order valence-corrected chi connectivity index (χ1v) is 23.7. The van der Waals surface area contributed by atoms with E-state index in [2.05, 4.69) is 12.0 Å². The molecule has 1 saturated heterocycles. The van der Waals surface area contributed by atoms with E-state index >= 15 is 0 Å². The number of benzene rings is 3. The number of carbonyl (C=O) groups is 2. The summed E-state index contributed by atoms with van der Waals surface area (Å²) in [4.78, 5) is 52.1. The van der Waals surface area contributed by atoms with E-state index in [1.807, 2.05) is 6.92 Å². The molecule has 61 heavy (non-hydrogen) atoms. The molecule has 3 aromatic carbocycles. The maximum absolute atomic E-state index is 14.9. The molecule has 1 fully saturated rings. The SMILES string of the molecule is CCCCCCCCCCCCCC(CCCC)C1(Cl)CC(=O)N(N(c2ccccc2)c2[nH]n(-c3c(Cl)cc(Cl)cc3Cl)c(=O)c2OS(=O)(=O)c2ccc([N+](=O)[O-])cc2)C1=O. The molecule has 1 aromatic heterocycles. The van der Waals surface area contributed by atoms with Gasteiger partial charge in [0.2, 0.25) is 0 Å². The quantitative estimate of drug-likeness (QED) is 0.0180. The summed E-state index contributed by atoms with van der Waals surface area (Å²) >= 11 is 26.6.